The summed E-state index contributed by atoms with van der Waals surface area (Å²) < 4.78 is 2.59. The van der Waals surface area contributed by atoms with Crippen molar-refractivity contribution in [1.82, 2.24) is 4.57 Å². The van der Waals surface area contributed by atoms with Crippen LogP contribution in [0.5, 0.6) is 0 Å². The predicted molar refractivity (Wildman–Crippen MR) is 55.9 cm³/mol. The Bertz CT molecular complexity index is 473. The highest BCUT2D eigenvalue weighted by Gasteiger charge is 2.06. The van der Waals surface area contributed by atoms with Crippen molar-refractivity contribution in [3.05, 3.63) is 34.9 Å². The van der Waals surface area contributed by atoms with Crippen molar-refractivity contribution >= 4 is 32.7 Å². The zero-order valence-electron chi connectivity index (χ0n) is 7.12. The van der Waals surface area contributed by atoms with E-state index in [4.69, 9.17) is 0 Å². The summed E-state index contributed by atoms with van der Waals surface area (Å²) in [6, 6.07) is 7.81. The molecule has 0 fully saturated rings. The van der Waals surface area contributed by atoms with Gasteiger partial charge >= 0.3 is 0 Å². The summed E-state index contributed by atoms with van der Waals surface area (Å²) in [6.07, 6.45) is 1.79. The number of aromatic nitrogens is 1. The van der Waals surface area contributed by atoms with Gasteiger partial charge in [0.15, 0.2) is 0 Å². The fourth-order valence-corrected chi connectivity index (χ4v) is 1.99. The van der Waals surface area contributed by atoms with Crippen molar-refractivity contribution in [2.45, 2.75) is 6.92 Å². The van der Waals surface area contributed by atoms with Crippen LogP contribution in [-0.2, 0) is 0 Å². The van der Waals surface area contributed by atoms with Gasteiger partial charge in [-0.15, -0.1) is 0 Å². The van der Waals surface area contributed by atoms with Crippen molar-refractivity contribution in [3.63, 3.8) is 0 Å². The second-order valence-electron chi connectivity index (χ2n) is 2.88. The second-order valence-corrected chi connectivity index (χ2v) is 3.74. The molecule has 66 valence electrons. The molecule has 3 heteroatoms. The van der Waals surface area contributed by atoms with Crippen LogP contribution < -0.4 is 0 Å². The number of benzene rings is 1. The van der Waals surface area contributed by atoms with Crippen molar-refractivity contribution in [2.24, 2.45) is 0 Å². The normalized spacial score (nSPS) is 10.6. The number of rotatable bonds is 0. The Morgan fingerprint density at radius 2 is 2.15 bits per heavy atom. The van der Waals surface area contributed by atoms with E-state index in [1.807, 2.05) is 24.3 Å². The number of carbonyl (C=O) groups is 1. The van der Waals surface area contributed by atoms with Gasteiger partial charge in [0.25, 0.3) is 0 Å². The van der Waals surface area contributed by atoms with Gasteiger partial charge in [-0.1, -0.05) is 12.1 Å². The molecule has 0 aliphatic carbocycles. The van der Waals surface area contributed by atoms with Crippen LogP contribution >= 0.6 is 15.9 Å². The molecule has 0 spiro atoms. The van der Waals surface area contributed by atoms with E-state index in [-0.39, 0.29) is 5.91 Å². The molecule has 1 heterocycles. The maximum Gasteiger partial charge on any atom is 0.227 e. The predicted octanol–water partition coefficient (Wildman–Crippen LogP) is 3.06. The number of carbonyl (C=O) groups excluding carboxylic acids is 1. The molecule has 0 radical (unpaired) electrons. The summed E-state index contributed by atoms with van der Waals surface area (Å²) in [6.45, 7) is 1.55. The summed E-state index contributed by atoms with van der Waals surface area (Å²) >= 11 is 3.42. The first-order chi connectivity index (χ1) is 6.20. The third-order valence-electron chi connectivity index (χ3n) is 2.00. The standard InChI is InChI=1S/C10H8BrNO/c1-7(13)12-6-5-8-3-2-4-9(11)10(8)12/h2-6H,1H3. The Balaban J connectivity index is 2.86. The highest BCUT2D eigenvalue weighted by molar-refractivity contribution is 9.10. The zero-order valence-corrected chi connectivity index (χ0v) is 8.71. The molecular formula is C10H8BrNO. The van der Waals surface area contributed by atoms with E-state index in [2.05, 4.69) is 15.9 Å². The average molecular weight is 238 g/mol. The lowest BCUT2D eigenvalue weighted by molar-refractivity contribution is 0.0941. The summed E-state index contributed by atoms with van der Waals surface area (Å²) in [5.74, 6) is 0.0295. The first kappa shape index (κ1) is 8.51. The van der Waals surface area contributed by atoms with Crippen molar-refractivity contribution in [2.75, 3.05) is 0 Å². The molecule has 0 unspecified atom stereocenters. The molecule has 0 atom stereocenters. The molecule has 13 heavy (non-hydrogen) atoms. The van der Waals surface area contributed by atoms with E-state index in [1.165, 1.54) is 0 Å². The topological polar surface area (TPSA) is 22.0 Å². The van der Waals surface area contributed by atoms with Crippen LogP contribution in [0.25, 0.3) is 10.9 Å². The lowest BCUT2D eigenvalue weighted by atomic mass is 10.2. The van der Waals surface area contributed by atoms with Crippen LogP contribution in [0.2, 0.25) is 0 Å². The second kappa shape index (κ2) is 3.00. The number of halogens is 1. The minimum absolute atomic E-state index is 0.0295. The molecule has 2 nitrogen and oxygen atoms in total. The Morgan fingerprint density at radius 3 is 2.85 bits per heavy atom. The maximum absolute atomic E-state index is 11.2. The van der Waals surface area contributed by atoms with Gasteiger partial charge in [-0.3, -0.25) is 9.36 Å². The lowest BCUT2D eigenvalue weighted by Crippen LogP contribution is -2.03. The lowest BCUT2D eigenvalue weighted by Gasteiger charge is -2.00. The highest BCUT2D eigenvalue weighted by atomic mass is 79.9. The van der Waals surface area contributed by atoms with Gasteiger partial charge in [0.1, 0.15) is 0 Å². The number of para-hydroxylation sites is 1. The molecule has 0 saturated heterocycles. The van der Waals surface area contributed by atoms with Gasteiger partial charge in [-0.25, -0.2) is 0 Å². The first-order valence-electron chi connectivity index (χ1n) is 3.96. The molecule has 2 rings (SSSR count). The van der Waals surface area contributed by atoms with Crippen molar-refractivity contribution < 1.29 is 4.79 Å². The molecule has 0 bridgehead atoms. The number of hydrogen-bond donors (Lipinski definition) is 0. The monoisotopic (exact) mass is 237 g/mol. The van der Waals surface area contributed by atoms with Gasteiger partial charge in [-0.05, 0) is 28.1 Å². The molecular weight excluding hydrogens is 230 g/mol. The van der Waals surface area contributed by atoms with Gasteiger partial charge in [0.05, 0.1) is 5.52 Å². The summed E-state index contributed by atoms with van der Waals surface area (Å²) in [7, 11) is 0. The van der Waals surface area contributed by atoms with Crippen LogP contribution in [0, 0.1) is 0 Å². The van der Waals surface area contributed by atoms with Gasteiger partial charge < -0.3 is 0 Å². The molecule has 0 N–H and O–H groups in total. The highest BCUT2D eigenvalue weighted by Crippen LogP contribution is 2.24. The fourth-order valence-electron chi connectivity index (χ4n) is 1.41. The fraction of sp³-hybridized carbons (Fsp3) is 0.100. The molecule has 2 aromatic rings. The third kappa shape index (κ3) is 1.29. The largest absolute Gasteiger partial charge is 0.286 e. The van der Waals surface area contributed by atoms with E-state index in [1.54, 1.807) is 17.7 Å². The van der Waals surface area contributed by atoms with Crippen LogP contribution in [0.15, 0.2) is 34.9 Å². The number of fused-ring (bicyclic) bond motifs is 1. The molecule has 0 aliphatic rings. The van der Waals surface area contributed by atoms with Crippen molar-refractivity contribution in [3.8, 4) is 0 Å². The van der Waals surface area contributed by atoms with Crippen molar-refractivity contribution in [1.29, 1.82) is 0 Å². The minimum atomic E-state index is 0.0295. The third-order valence-corrected chi connectivity index (χ3v) is 2.64. The van der Waals surface area contributed by atoms with Crippen LogP contribution in [0.4, 0.5) is 0 Å². The molecule has 1 aromatic heterocycles. The molecule has 0 amide bonds. The smallest absolute Gasteiger partial charge is 0.227 e. The Labute approximate surface area is 84.3 Å². The zero-order chi connectivity index (χ0) is 9.42. The quantitative estimate of drug-likeness (QED) is 0.691. The van der Waals surface area contributed by atoms with E-state index >= 15 is 0 Å². The first-order valence-corrected chi connectivity index (χ1v) is 4.76. The van der Waals surface area contributed by atoms with E-state index in [9.17, 15) is 4.79 Å². The maximum atomic E-state index is 11.2. The molecule has 0 aliphatic heterocycles. The van der Waals surface area contributed by atoms with Crippen LogP contribution in [0.1, 0.15) is 11.7 Å². The number of hydrogen-bond acceptors (Lipinski definition) is 1. The Morgan fingerprint density at radius 1 is 1.38 bits per heavy atom. The van der Waals surface area contributed by atoms with E-state index in [0.29, 0.717) is 0 Å². The van der Waals surface area contributed by atoms with Crippen LogP contribution in [-0.4, -0.2) is 10.5 Å². The minimum Gasteiger partial charge on any atom is -0.286 e. The van der Waals surface area contributed by atoms with E-state index < -0.39 is 0 Å². The summed E-state index contributed by atoms with van der Waals surface area (Å²) in [5, 5.41) is 1.07. The van der Waals surface area contributed by atoms with Gasteiger partial charge in [0, 0.05) is 23.0 Å². The Kier molecular flexibility index (Phi) is 1.96. The van der Waals surface area contributed by atoms with Crippen LogP contribution in [0.3, 0.4) is 0 Å². The van der Waals surface area contributed by atoms with E-state index in [0.717, 1.165) is 15.4 Å². The Hall–Kier alpha value is -1.09. The van der Waals surface area contributed by atoms with Gasteiger partial charge in [0.2, 0.25) is 5.91 Å². The SMILES string of the molecule is CC(=O)n1ccc2cccc(Br)c21. The van der Waals surface area contributed by atoms with Gasteiger partial charge in [-0.2, -0.15) is 0 Å². The molecule has 0 saturated carbocycles. The summed E-state index contributed by atoms with van der Waals surface area (Å²) in [5.41, 5.74) is 0.940. The number of nitrogens with zero attached hydrogens (tertiary/aromatic N) is 1. The molecule has 1 aromatic carbocycles. The summed E-state index contributed by atoms with van der Waals surface area (Å²) in [4.78, 5) is 11.2. The average Bonchev–Trinajstić information content (AvgIpc) is 2.49.